The van der Waals surface area contributed by atoms with Crippen molar-refractivity contribution < 1.29 is 4.74 Å². The quantitative estimate of drug-likeness (QED) is 0.660. The van der Waals surface area contributed by atoms with E-state index in [1.165, 1.54) is 32.2 Å². The van der Waals surface area contributed by atoms with E-state index < -0.39 is 0 Å². The molecule has 1 heterocycles. The van der Waals surface area contributed by atoms with Crippen molar-refractivity contribution in [1.82, 2.24) is 5.32 Å². The molecule has 0 spiro atoms. The lowest BCUT2D eigenvalue weighted by Crippen LogP contribution is -2.46. The highest BCUT2D eigenvalue weighted by atomic mass is 16.5. The molecule has 0 radical (unpaired) electrons. The van der Waals surface area contributed by atoms with E-state index in [1.54, 1.807) is 0 Å². The number of nitrogens with one attached hydrogen (secondary N) is 1. The van der Waals surface area contributed by atoms with Crippen molar-refractivity contribution in [1.29, 1.82) is 0 Å². The molecular weight excluding hydrogens is 138 g/mol. The topological polar surface area (TPSA) is 21.3 Å². The van der Waals surface area contributed by atoms with Gasteiger partial charge in [0.05, 0.1) is 6.61 Å². The zero-order chi connectivity index (χ0) is 7.73. The Morgan fingerprint density at radius 2 is 2.36 bits per heavy atom. The molecule has 64 valence electrons. The smallest absolute Gasteiger partial charge is 0.0647 e. The predicted molar refractivity (Wildman–Crippen MR) is 44.6 cm³/mol. The van der Waals surface area contributed by atoms with Gasteiger partial charge < -0.3 is 10.1 Å². The molecule has 2 nitrogen and oxygen atoms in total. The van der Waals surface area contributed by atoms with Crippen LogP contribution in [0.15, 0.2) is 0 Å². The van der Waals surface area contributed by atoms with Crippen LogP contribution in [-0.2, 0) is 4.74 Å². The summed E-state index contributed by atoms with van der Waals surface area (Å²) in [4.78, 5) is 0. The van der Waals surface area contributed by atoms with E-state index in [0.29, 0.717) is 5.54 Å². The lowest BCUT2D eigenvalue weighted by molar-refractivity contribution is 0.107. The number of hydrogen-bond acceptors (Lipinski definition) is 2. The minimum Gasteiger partial charge on any atom is -0.383 e. The minimum absolute atomic E-state index is 0.384. The van der Waals surface area contributed by atoms with Crippen LogP contribution < -0.4 is 5.32 Å². The normalized spacial score (nSPS) is 37.9. The molecule has 2 rings (SSSR count). The summed E-state index contributed by atoms with van der Waals surface area (Å²) in [6.07, 6.45) is 5.48. The van der Waals surface area contributed by atoms with Crippen molar-refractivity contribution in [3.05, 3.63) is 0 Å². The zero-order valence-corrected chi connectivity index (χ0v) is 7.23. The summed E-state index contributed by atoms with van der Waals surface area (Å²) in [6.45, 7) is 2.11. The largest absolute Gasteiger partial charge is 0.383 e. The summed E-state index contributed by atoms with van der Waals surface area (Å²) in [5.41, 5.74) is 0.384. The number of ether oxygens (including phenoxy) is 1. The van der Waals surface area contributed by atoms with Crippen molar-refractivity contribution in [2.24, 2.45) is 5.92 Å². The Balaban J connectivity index is 1.99. The molecule has 2 heteroatoms. The van der Waals surface area contributed by atoms with Crippen molar-refractivity contribution >= 4 is 0 Å². The van der Waals surface area contributed by atoms with Crippen molar-refractivity contribution in [3.63, 3.8) is 0 Å². The first-order chi connectivity index (χ1) is 5.37. The maximum absolute atomic E-state index is 5.27. The molecule has 0 aromatic carbocycles. The van der Waals surface area contributed by atoms with Crippen molar-refractivity contribution in [3.8, 4) is 0 Å². The molecule has 0 amide bonds. The fourth-order valence-electron chi connectivity index (χ4n) is 2.31. The van der Waals surface area contributed by atoms with Gasteiger partial charge in [-0.3, -0.25) is 0 Å². The van der Waals surface area contributed by atoms with Crippen LogP contribution in [0.5, 0.6) is 0 Å². The molecule has 1 atom stereocenters. The summed E-state index contributed by atoms with van der Waals surface area (Å²) in [5, 5.41) is 3.61. The number of rotatable bonds is 3. The fourth-order valence-corrected chi connectivity index (χ4v) is 2.31. The lowest BCUT2D eigenvalue weighted by atomic mass is 9.92. The van der Waals surface area contributed by atoms with Gasteiger partial charge in [0.2, 0.25) is 0 Å². The monoisotopic (exact) mass is 155 g/mol. The highest BCUT2D eigenvalue weighted by molar-refractivity contribution is 5.03. The third-order valence-electron chi connectivity index (χ3n) is 3.04. The van der Waals surface area contributed by atoms with E-state index in [0.717, 1.165) is 12.5 Å². The van der Waals surface area contributed by atoms with Gasteiger partial charge in [0, 0.05) is 12.6 Å². The summed E-state index contributed by atoms with van der Waals surface area (Å²) >= 11 is 0. The highest BCUT2D eigenvalue weighted by Crippen LogP contribution is 2.44. The summed E-state index contributed by atoms with van der Waals surface area (Å²) in [7, 11) is 1.81. The predicted octanol–water partition coefficient (Wildman–Crippen LogP) is 1.17. The molecule has 0 unspecified atom stereocenters. The Morgan fingerprint density at radius 3 is 2.82 bits per heavy atom. The molecular formula is C9H17NO. The zero-order valence-electron chi connectivity index (χ0n) is 7.23. The van der Waals surface area contributed by atoms with Gasteiger partial charge >= 0.3 is 0 Å². The Labute approximate surface area is 68.3 Å². The van der Waals surface area contributed by atoms with Crippen LogP contribution in [0.2, 0.25) is 0 Å². The fraction of sp³-hybridized carbons (Fsp3) is 1.00. The Kier molecular flexibility index (Phi) is 1.90. The van der Waals surface area contributed by atoms with E-state index in [9.17, 15) is 0 Å². The molecule has 1 saturated carbocycles. The van der Waals surface area contributed by atoms with Crippen molar-refractivity contribution in [2.75, 3.05) is 20.3 Å². The molecule has 1 saturated heterocycles. The Hall–Kier alpha value is -0.0800. The lowest BCUT2D eigenvalue weighted by Gasteiger charge is -2.28. The van der Waals surface area contributed by atoms with Crippen LogP contribution >= 0.6 is 0 Å². The third-order valence-corrected chi connectivity index (χ3v) is 3.04. The van der Waals surface area contributed by atoms with Crippen LogP contribution in [-0.4, -0.2) is 25.8 Å². The van der Waals surface area contributed by atoms with Crippen LogP contribution in [0.4, 0.5) is 0 Å². The second kappa shape index (κ2) is 2.76. The third kappa shape index (κ3) is 1.30. The van der Waals surface area contributed by atoms with Gasteiger partial charge in [-0.2, -0.15) is 0 Å². The second-order valence-electron chi connectivity index (χ2n) is 3.89. The molecule has 1 aliphatic heterocycles. The number of methoxy groups -OCH3 is 1. The van der Waals surface area contributed by atoms with E-state index in [2.05, 4.69) is 5.32 Å². The molecule has 0 aromatic rings. The van der Waals surface area contributed by atoms with Gasteiger partial charge in [0.25, 0.3) is 0 Å². The molecule has 0 aromatic heterocycles. The molecule has 2 aliphatic rings. The van der Waals surface area contributed by atoms with E-state index >= 15 is 0 Å². The van der Waals surface area contributed by atoms with Crippen LogP contribution in [0.25, 0.3) is 0 Å². The van der Waals surface area contributed by atoms with Crippen molar-refractivity contribution in [2.45, 2.75) is 31.2 Å². The van der Waals surface area contributed by atoms with Crippen LogP contribution in [0.1, 0.15) is 25.7 Å². The molecule has 2 fully saturated rings. The van der Waals surface area contributed by atoms with Gasteiger partial charge in [-0.25, -0.2) is 0 Å². The van der Waals surface area contributed by atoms with Crippen LogP contribution in [0.3, 0.4) is 0 Å². The summed E-state index contributed by atoms with van der Waals surface area (Å²) in [6, 6.07) is 0. The average molecular weight is 155 g/mol. The standard InChI is InChI=1S/C9H17NO/c1-11-7-9(8-3-4-8)5-2-6-10-9/h8,10H,2-7H2,1H3/t9-/m0/s1. The molecule has 11 heavy (non-hydrogen) atoms. The minimum atomic E-state index is 0.384. The van der Waals surface area contributed by atoms with E-state index in [-0.39, 0.29) is 0 Å². The first-order valence-electron chi connectivity index (χ1n) is 4.61. The molecule has 1 N–H and O–H groups in total. The SMILES string of the molecule is COC[C@]1(C2CC2)CCCN1. The first kappa shape index (κ1) is 7.56. The summed E-state index contributed by atoms with van der Waals surface area (Å²) in [5.74, 6) is 0.921. The van der Waals surface area contributed by atoms with E-state index in [1.807, 2.05) is 7.11 Å². The maximum atomic E-state index is 5.27. The second-order valence-corrected chi connectivity index (χ2v) is 3.89. The van der Waals surface area contributed by atoms with Crippen LogP contribution in [0, 0.1) is 5.92 Å². The van der Waals surface area contributed by atoms with Gasteiger partial charge in [0.1, 0.15) is 0 Å². The molecule has 1 aliphatic carbocycles. The maximum Gasteiger partial charge on any atom is 0.0647 e. The average Bonchev–Trinajstić information content (AvgIpc) is 2.76. The van der Waals surface area contributed by atoms with E-state index in [4.69, 9.17) is 4.74 Å². The molecule has 0 bridgehead atoms. The summed E-state index contributed by atoms with van der Waals surface area (Å²) < 4.78 is 5.27. The van der Waals surface area contributed by atoms with Gasteiger partial charge in [-0.05, 0) is 38.1 Å². The Morgan fingerprint density at radius 1 is 1.55 bits per heavy atom. The van der Waals surface area contributed by atoms with Gasteiger partial charge in [-0.1, -0.05) is 0 Å². The Bertz CT molecular complexity index is 136. The highest BCUT2D eigenvalue weighted by Gasteiger charge is 2.46. The number of hydrogen-bond donors (Lipinski definition) is 1. The van der Waals surface area contributed by atoms with Gasteiger partial charge in [0.15, 0.2) is 0 Å². The van der Waals surface area contributed by atoms with Gasteiger partial charge in [-0.15, -0.1) is 0 Å². The first-order valence-corrected chi connectivity index (χ1v) is 4.61.